The van der Waals surface area contributed by atoms with Crippen LogP contribution in [0.25, 0.3) is 0 Å². The molecule has 0 unspecified atom stereocenters. The van der Waals surface area contributed by atoms with Gasteiger partial charge in [0.05, 0.1) is 0 Å². The van der Waals surface area contributed by atoms with E-state index in [-0.39, 0.29) is 0 Å². The van der Waals surface area contributed by atoms with Crippen LogP contribution < -0.4 is 5.32 Å². The molecule has 0 radical (unpaired) electrons. The van der Waals surface area contributed by atoms with Gasteiger partial charge in [0, 0.05) is 18.7 Å². The van der Waals surface area contributed by atoms with Gasteiger partial charge in [0.25, 0.3) is 0 Å². The summed E-state index contributed by atoms with van der Waals surface area (Å²) in [5, 5.41) is 21.6. The minimum Gasteiger partial charge on any atom is -0.385 e. The summed E-state index contributed by atoms with van der Waals surface area (Å²) in [5.41, 5.74) is 2.20. The molecule has 2 rings (SSSR count). The average molecular weight is 153 g/mol. The quantitative estimate of drug-likeness (QED) is 0.425. The first-order valence-corrected chi connectivity index (χ1v) is 3.77. The van der Waals surface area contributed by atoms with Crippen LogP contribution in [0.2, 0.25) is 0 Å². The normalized spacial score (nSPS) is 26.7. The molecule has 0 aromatic heterocycles. The lowest BCUT2D eigenvalue weighted by atomic mass is 9.97. The van der Waals surface area contributed by atoms with Crippen molar-refractivity contribution in [3.8, 4) is 0 Å². The summed E-state index contributed by atoms with van der Waals surface area (Å²) in [4.78, 5) is 0. The largest absolute Gasteiger partial charge is 0.385 e. The summed E-state index contributed by atoms with van der Waals surface area (Å²) in [6, 6.07) is 0. The number of hydrogen-bond donors (Lipinski definition) is 3. The SMILES string of the molecule is OC1(O)C=CC2=C(CCN2)C1. The summed E-state index contributed by atoms with van der Waals surface area (Å²) in [6.07, 6.45) is 4.45. The molecular weight excluding hydrogens is 142 g/mol. The van der Waals surface area contributed by atoms with Gasteiger partial charge in [0.1, 0.15) is 0 Å². The molecule has 0 bridgehead atoms. The molecule has 0 saturated heterocycles. The van der Waals surface area contributed by atoms with Crippen molar-refractivity contribution in [1.82, 2.24) is 5.32 Å². The first-order chi connectivity index (χ1) is 5.17. The van der Waals surface area contributed by atoms with Crippen molar-refractivity contribution in [3.05, 3.63) is 23.4 Å². The van der Waals surface area contributed by atoms with Gasteiger partial charge in [0.15, 0.2) is 5.79 Å². The number of aliphatic hydroxyl groups is 2. The zero-order chi connectivity index (χ0) is 7.90. The molecule has 0 aromatic rings. The highest BCUT2D eigenvalue weighted by Gasteiger charge is 2.28. The molecule has 3 heteroatoms. The van der Waals surface area contributed by atoms with E-state index in [1.165, 1.54) is 6.08 Å². The summed E-state index contributed by atoms with van der Waals surface area (Å²) in [5.74, 6) is -1.61. The summed E-state index contributed by atoms with van der Waals surface area (Å²) >= 11 is 0. The van der Waals surface area contributed by atoms with E-state index < -0.39 is 5.79 Å². The molecule has 3 nitrogen and oxygen atoms in total. The van der Waals surface area contributed by atoms with Gasteiger partial charge < -0.3 is 15.5 Å². The fraction of sp³-hybridized carbons (Fsp3) is 0.500. The second kappa shape index (κ2) is 2.09. The van der Waals surface area contributed by atoms with Gasteiger partial charge >= 0.3 is 0 Å². The molecule has 0 saturated carbocycles. The highest BCUT2D eigenvalue weighted by atomic mass is 16.5. The Balaban J connectivity index is 2.25. The fourth-order valence-corrected chi connectivity index (χ4v) is 1.56. The molecule has 60 valence electrons. The lowest BCUT2D eigenvalue weighted by Crippen LogP contribution is -2.27. The Hall–Kier alpha value is -0.800. The van der Waals surface area contributed by atoms with Crippen LogP contribution in [-0.4, -0.2) is 22.5 Å². The molecule has 1 aliphatic heterocycles. The molecular formula is C8H11NO2. The van der Waals surface area contributed by atoms with Gasteiger partial charge in [0.2, 0.25) is 0 Å². The minimum atomic E-state index is -1.61. The fourth-order valence-electron chi connectivity index (χ4n) is 1.56. The molecule has 0 amide bonds. The Morgan fingerprint density at radius 3 is 3.09 bits per heavy atom. The van der Waals surface area contributed by atoms with E-state index in [1.54, 1.807) is 6.08 Å². The van der Waals surface area contributed by atoms with Crippen LogP contribution in [0.5, 0.6) is 0 Å². The van der Waals surface area contributed by atoms with E-state index in [0.29, 0.717) is 6.42 Å². The van der Waals surface area contributed by atoms with Crippen LogP contribution in [0.15, 0.2) is 23.4 Å². The summed E-state index contributed by atoms with van der Waals surface area (Å²) in [6.45, 7) is 0.922. The number of hydrogen-bond acceptors (Lipinski definition) is 3. The van der Waals surface area contributed by atoms with Crippen molar-refractivity contribution in [1.29, 1.82) is 0 Å². The third-order valence-electron chi connectivity index (χ3n) is 2.11. The lowest BCUT2D eigenvalue weighted by molar-refractivity contribution is -0.117. The van der Waals surface area contributed by atoms with Crippen molar-refractivity contribution >= 4 is 0 Å². The van der Waals surface area contributed by atoms with Gasteiger partial charge in [-0.3, -0.25) is 0 Å². The van der Waals surface area contributed by atoms with E-state index in [2.05, 4.69) is 5.32 Å². The average Bonchev–Trinajstić information content (AvgIpc) is 2.31. The van der Waals surface area contributed by atoms with E-state index in [9.17, 15) is 10.2 Å². The maximum Gasteiger partial charge on any atom is 0.186 e. The molecule has 1 heterocycles. The molecule has 2 aliphatic rings. The number of allylic oxidation sites excluding steroid dienone is 1. The Morgan fingerprint density at radius 2 is 2.27 bits per heavy atom. The molecule has 0 aromatic carbocycles. The smallest absolute Gasteiger partial charge is 0.186 e. The number of rotatable bonds is 0. The van der Waals surface area contributed by atoms with Crippen molar-refractivity contribution in [3.63, 3.8) is 0 Å². The van der Waals surface area contributed by atoms with Crippen LogP contribution in [0.4, 0.5) is 0 Å². The van der Waals surface area contributed by atoms with Crippen molar-refractivity contribution < 1.29 is 10.2 Å². The molecule has 0 fully saturated rings. The van der Waals surface area contributed by atoms with Crippen molar-refractivity contribution in [2.24, 2.45) is 0 Å². The van der Waals surface area contributed by atoms with Crippen LogP contribution in [0, 0.1) is 0 Å². The van der Waals surface area contributed by atoms with E-state index >= 15 is 0 Å². The Morgan fingerprint density at radius 1 is 1.45 bits per heavy atom. The molecule has 3 N–H and O–H groups in total. The van der Waals surface area contributed by atoms with Gasteiger partial charge in [-0.25, -0.2) is 0 Å². The summed E-state index contributed by atoms with van der Waals surface area (Å²) < 4.78 is 0. The highest BCUT2D eigenvalue weighted by Crippen LogP contribution is 2.28. The first-order valence-electron chi connectivity index (χ1n) is 3.77. The van der Waals surface area contributed by atoms with Crippen LogP contribution in [0.3, 0.4) is 0 Å². The number of nitrogens with one attached hydrogen (secondary N) is 1. The van der Waals surface area contributed by atoms with Crippen LogP contribution in [0.1, 0.15) is 12.8 Å². The van der Waals surface area contributed by atoms with Crippen LogP contribution in [-0.2, 0) is 0 Å². The van der Waals surface area contributed by atoms with Gasteiger partial charge in [-0.15, -0.1) is 0 Å². The molecule has 0 spiro atoms. The van der Waals surface area contributed by atoms with E-state index in [4.69, 9.17) is 0 Å². The Bertz CT molecular complexity index is 240. The topological polar surface area (TPSA) is 52.5 Å². The van der Waals surface area contributed by atoms with Gasteiger partial charge in [-0.2, -0.15) is 0 Å². The monoisotopic (exact) mass is 153 g/mol. The minimum absolute atomic E-state index is 0.353. The van der Waals surface area contributed by atoms with E-state index in [0.717, 1.165) is 24.2 Å². The van der Waals surface area contributed by atoms with Crippen molar-refractivity contribution in [2.45, 2.75) is 18.6 Å². The first kappa shape index (κ1) is 6.88. The molecule has 0 atom stereocenters. The zero-order valence-electron chi connectivity index (χ0n) is 6.17. The predicted octanol–water partition coefficient (Wildman–Crippen LogP) is -0.125. The van der Waals surface area contributed by atoms with Gasteiger partial charge in [-0.1, -0.05) is 0 Å². The molecule has 11 heavy (non-hydrogen) atoms. The third-order valence-corrected chi connectivity index (χ3v) is 2.11. The predicted molar refractivity (Wildman–Crippen MR) is 40.6 cm³/mol. The highest BCUT2D eigenvalue weighted by molar-refractivity contribution is 5.34. The van der Waals surface area contributed by atoms with E-state index in [1.807, 2.05) is 0 Å². The Kier molecular flexibility index (Phi) is 1.31. The molecule has 1 aliphatic carbocycles. The summed E-state index contributed by atoms with van der Waals surface area (Å²) in [7, 11) is 0. The standard InChI is InChI=1S/C8H11NO2/c10-8(11)3-1-7-6(5-8)2-4-9-7/h1,3,9-11H,2,4-5H2. The zero-order valence-corrected chi connectivity index (χ0v) is 6.17. The maximum absolute atomic E-state index is 9.23. The van der Waals surface area contributed by atoms with Crippen molar-refractivity contribution in [2.75, 3.05) is 6.54 Å². The Labute approximate surface area is 65.0 Å². The lowest BCUT2D eigenvalue weighted by Gasteiger charge is -2.21. The van der Waals surface area contributed by atoms with Gasteiger partial charge in [-0.05, 0) is 24.1 Å². The second-order valence-electron chi connectivity index (χ2n) is 3.08. The maximum atomic E-state index is 9.23. The second-order valence-corrected chi connectivity index (χ2v) is 3.08. The third kappa shape index (κ3) is 1.17. The van der Waals surface area contributed by atoms with Crippen LogP contribution >= 0.6 is 0 Å².